The molecule has 0 atom stereocenters. The van der Waals surface area contributed by atoms with Gasteiger partial charge in [-0.05, 0) is 96.7 Å². The van der Waals surface area contributed by atoms with Gasteiger partial charge in [0.25, 0.3) is 0 Å². The van der Waals surface area contributed by atoms with Crippen LogP contribution in [0.2, 0.25) is 0 Å². The van der Waals surface area contributed by atoms with Crippen LogP contribution in [0, 0.1) is 0 Å². The van der Waals surface area contributed by atoms with E-state index in [0.717, 1.165) is 139 Å². The molecular weight excluding hydrogens is 721 g/mol. The van der Waals surface area contributed by atoms with Gasteiger partial charge in [0.2, 0.25) is 0 Å². The number of aromatic nitrogens is 3. The molecule has 9 aromatic rings. The molecule has 0 amide bonds. The molecule has 2 aliphatic carbocycles. The van der Waals surface area contributed by atoms with Crippen molar-refractivity contribution in [3.05, 3.63) is 180 Å². The van der Waals surface area contributed by atoms with E-state index in [1.807, 2.05) is 6.07 Å². The zero-order chi connectivity index (χ0) is 38.9. The maximum absolute atomic E-state index is 7.01. The highest BCUT2D eigenvalue weighted by molar-refractivity contribution is 6.14. The van der Waals surface area contributed by atoms with E-state index >= 15 is 0 Å². The Morgan fingerprint density at radius 2 is 1.15 bits per heavy atom. The fraction of sp³-hybridized carbons (Fsp3) is 0.111. The molecule has 0 radical (unpaired) electrons. The summed E-state index contributed by atoms with van der Waals surface area (Å²) < 4.78 is 7.01. The van der Waals surface area contributed by atoms with Gasteiger partial charge >= 0.3 is 0 Å². The number of pyridine rings is 3. The zero-order valence-electron chi connectivity index (χ0n) is 32.5. The van der Waals surface area contributed by atoms with Crippen molar-refractivity contribution in [2.24, 2.45) is 4.99 Å². The minimum atomic E-state index is 0.808. The third kappa shape index (κ3) is 5.76. The fourth-order valence-electron chi connectivity index (χ4n) is 9.24. The third-order valence-corrected chi connectivity index (χ3v) is 12.3. The highest BCUT2D eigenvalue weighted by Gasteiger charge is 2.24. The summed E-state index contributed by atoms with van der Waals surface area (Å²) in [5.41, 5.74) is 19.5. The number of hydrogen-bond acceptors (Lipinski definition) is 5. The van der Waals surface area contributed by atoms with E-state index in [2.05, 4.69) is 152 Å². The first kappa shape index (κ1) is 33.9. The van der Waals surface area contributed by atoms with Crippen molar-refractivity contribution in [2.45, 2.75) is 38.5 Å². The number of benzene rings is 5. The van der Waals surface area contributed by atoms with Crippen LogP contribution in [0.25, 0.3) is 89.1 Å². The Kier molecular flexibility index (Phi) is 7.87. The van der Waals surface area contributed by atoms with Gasteiger partial charge in [-0.15, -0.1) is 0 Å². The number of nitrogens with zero attached hydrogens (tertiary/aromatic N) is 4. The van der Waals surface area contributed by atoms with Crippen molar-refractivity contribution >= 4 is 44.2 Å². The topological polar surface area (TPSA) is 64.2 Å². The van der Waals surface area contributed by atoms with Crippen molar-refractivity contribution in [3.63, 3.8) is 0 Å². The van der Waals surface area contributed by atoms with Crippen LogP contribution in [0.1, 0.15) is 36.0 Å². The van der Waals surface area contributed by atoms with Gasteiger partial charge < -0.3 is 4.42 Å². The summed E-state index contributed by atoms with van der Waals surface area (Å²) in [5.74, 6) is 0. The predicted octanol–water partition coefficient (Wildman–Crippen LogP) is 13.7. The summed E-state index contributed by atoms with van der Waals surface area (Å²) in [5, 5.41) is 3.16. The minimum absolute atomic E-state index is 0.808. The molecule has 280 valence electrons. The monoisotopic (exact) mass is 758 g/mol. The van der Waals surface area contributed by atoms with Crippen LogP contribution in [0.15, 0.2) is 173 Å². The van der Waals surface area contributed by atoms with Crippen LogP contribution < -0.4 is 0 Å². The van der Waals surface area contributed by atoms with Gasteiger partial charge in [-0.3, -0.25) is 4.99 Å². The van der Waals surface area contributed by atoms with Crippen LogP contribution in [0.4, 0.5) is 5.69 Å². The lowest BCUT2D eigenvalue weighted by molar-refractivity contribution is 0.671. The Balaban J connectivity index is 1.07. The molecule has 5 aromatic carbocycles. The molecule has 4 aromatic heterocycles. The van der Waals surface area contributed by atoms with Gasteiger partial charge in [0.05, 0.1) is 39.7 Å². The summed E-state index contributed by atoms with van der Waals surface area (Å²) in [6.45, 7) is 0. The molecule has 0 unspecified atom stereocenters. The number of aliphatic imine (C=N–C) groups is 1. The van der Waals surface area contributed by atoms with E-state index in [-0.39, 0.29) is 0 Å². The summed E-state index contributed by atoms with van der Waals surface area (Å²) >= 11 is 0. The molecule has 12 rings (SSSR count). The smallest absolute Gasteiger partial charge is 0.144 e. The van der Waals surface area contributed by atoms with E-state index in [0.29, 0.717) is 0 Å². The Labute approximate surface area is 342 Å². The lowest BCUT2D eigenvalue weighted by Crippen LogP contribution is -2.09. The number of furan rings is 1. The van der Waals surface area contributed by atoms with Gasteiger partial charge in [0.1, 0.15) is 11.2 Å². The molecule has 0 fully saturated rings. The molecule has 3 aliphatic rings. The van der Waals surface area contributed by atoms with Crippen LogP contribution in [-0.2, 0) is 19.3 Å². The van der Waals surface area contributed by atoms with Crippen molar-refractivity contribution in [2.75, 3.05) is 0 Å². The first-order chi connectivity index (χ1) is 29.2. The third-order valence-electron chi connectivity index (χ3n) is 12.3. The Hall–Kier alpha value is -7.24. The molecule has 0 saturated carbocycles. The Morgan fingerprint density at radius 3 is 1.92 bits per heavy atom. The second kappa shape index (κ2) is 13.7. The molecule has 5 nitrogen and oxygen atoms in total. The van der Waals surface area contributed by atoms with Crippen molar-refractivity contribution in [3.8, 4) is 56.3 Å². The summed E-state index contributed by atoms with van der Waals surface area (Å²) in [4.78, 5) is 21.5. The number of hydrogen-bond donors (Lipinski definition) is 0. The van der Waals surface area contributed by atoms with Crippen LogP contribution >= 0.6 is 0 Å². The van der Waals surface area contributed by atoms with Gasteiger partial charge in [0, 0.05) is 44.1 Å². The SMILES string of the molecule is C1=CC(C2=Nc3c(ccc4ccc(-c5cc(-c6ccc7c(n6)-c6nc(-c8ccccc8)ccc6CC7)cc6c5oc5c(-c7ccccc7)cccc56)nc34)CC2)=CCC1. The second-order valence-corrected chi connectivity index (χ2v) is 15.9. The predicted molar refractivity (Wildman–Crippen MR) is 241 cm³/mol. The summed E-state index contributed by atoms with van der Waals surface area (Å²) in [7, 11) is 0. The van der Waals surface area contributed by atoms with Crippen LogP contribution in [0.5, 0.6) is 0 Å². The Morgan fingerprint density at radius 1 is 0.475 bits per heavy atom. The minimum Gasteiger partial charge on any atom is -0.455 e. The average molecular weight is 759 g/mol. The summed E-state index contributed by atoms with van der Waals surface area (Å²) in [6.07, 6.45) is 12.7. The maximum Gasteiger partial charge on any atom is 0.144 e. The molecule has 5 heteroatoms. The van der Waals surface area contributed by atoms with E-state index in [4.69, 9.17) is 24.4 Å². The molecule has 0 bridgehead atoms. The summed E-state index contributed by atoms with van der Waals surface area (Å²) in [6, 6.07) is 49.3. The number of rotatable bonds is 5. The number of allylic oxidation sites excluding steroid dienone is 4. The van der Waals surface area contributed by atoms with Gasteiger partial charge in [-0.2, -0.15) is 0 Å². The zero-order valence-corrected chi connectivity index (χ0v) is 32.5. The molecule has 59 heavy (non-hydrogen) atoms. The highest BCUT2D eigenvalue weighted by Crippen LogP contribution is 2.44. The molecule has 1 aliphatic heterocycles. The molecule has 0 saturated heterocycles. The maximum atomic E-state index is 7.01. The van der Waals surface area contributed by atoms with Crippen LogP contribution in [0.3, 0.4) is 0 Å². The number of fused-ring (bicyclic) bond motifs is 9. The first-order valence-corrected chi connectivity index (χ1v) is 20.7. The van der Waals surface area contributed by atoms with E-state index in [9.17, 15) is 0 Å². The lowest BCUT2D eigenvalue weighted by atomic mass is 9.91. The number of aryl methyl sites for hydroxylation is 3. The average Bonchev–Trinajstić information content (AvgIpc) is 3.70. The second-order valence-electron chi connectivity index (χ2n) is 15.9. The largest absolute Gasteiger partial charge is 0.455 e. The van der Waals surface area contributed by atoms with E-state index < -0.39 is 0 Å². The molecular formula is C54H38N4O. The van der Waals surface area contributed by atoms with E-state index in [1.165, 1.54) is 22.3 Å². The molecule has 0 N–H and O–H groups in total. The highest BCUT2D eigenvalue weighted by atomic mass is 16.3. The number of para-hydroxylation sites is 1. The Bertz CT molecular complexity index is 3260. The van der Waals surface area contributed by atoms with Crippen molar-refractivity contribution in [1.29, 1.82) is 0 Å². The standard InChI is InChI=1S/C54H38N4O/c1-4-11-33(12-5-1)41-17-10-18-42-43-31-40(47-29-25-38-20-19-36-23-27-45(34-13-6-2-7-14-34)55-49(36)50(38)57-47)32-44(54(43)59-53(41)42)48-30-26-39-22-21-37-24-28-46(35-15-8-3-9-16-35)56-51(37)52(39)58-48/h1-2,4-8,10-18,21-23,25-27,29-32H,3,9,19-20,24,28H2. The quantitative estimate of drug-likeness (QED) is 0.175. The fourth-order valence-corrected chi connectivity index (χ4v) is 9.24. The van der Waals surface area contributed by atoms with E-state index in [1.54, 1.807) is 0 Å². The van der Waals surface area contributed by atoms with Crippen molar-refractivity contribution < 1.29 is 4.42 Å². The molecule has 0 spiro atoms. The van der Waals surface area contributed by atoms with Gasteiger partial charge in [-0.1, -0.05) is 127 Å². The van der Waals surface area contributed by atoms with Crippen LogP contribution in [-0.4, -0.2) is 20.7 Å². The molecule has 5 heterocycles. The normalized spacial score (nSPS) is 14.5. The van der Waals surface area contributed by atoms with Gasteiger partial charge in [0.15, 0.2) is 0 Å². The first-order valence-electron chi connectivity index (χ1n) is 20.7. The van der Waals surface area contributed by atoms with Crippen molar-refractivity contribution in [1.82, 2.24) is 15.0 Å². The lowest BCUT2D eigenvalue weighted by Gasteiger charge is -2.20. The van der Waals surface area contributed by atoms with Gasteiger partial charge in [-0.25, -0.2) is 15.0 Å².